The lowest BCUT2D eigenvalue weighted by Gasteiger charge is -2.32. The fourth-order valence-electron chi connectivity index (χ4n) is 3.97. The van der Waals surface area contributed by atoms with Crippen LogP contribution in [0.25, 0.3) is 0 Å². The van der Waals surface area contributed by atoms with Crippen molar-refractivity contribution in [1.82, 2.24) is 19.8 Å². The summed E-state index contributed by atoms with van der Waals surface area (Å²) < 4.78 is 7.38. The molecule has 1 aromatic carbocycles. The Hall–Kier alpha value is -2.83. The first-order chi connectivity index (χ1) is 13.6. The normalized spacial score (nSPS) is 18.9. The van der Waals surface area contributed by atoms with Crippen LogP contribution in [0.15, 0.2) is 30.6 Å². The zero-order valence-corrected chi connectivity index (χ0v) is 16.2. The lowest BCUT2D eigenvalue weighted by atomic mass is 9.93. The molecule has 0 saturated carbocycles. The summed E-state index contributed by atoms with van der Waals surface area (Å²) in [5.74, 6) is 1.23. The number of likely N-dealkylation sites (tertiary alicyclic amines) is 1. The monoisotopic (exact) mass is 382 g/mol. The van der Waals surface area contributed by atoms with Gasteiger partial charge < -0.3 is 19.5 Å². The van der Waals surface area contributed by atoms with Crippen molar-refractivity contribution in [2.45, 2.75) is 32.2 Å². The maximum Gasteiger partial charge on any atom is 0.317 e. The first-order valence-electron chi connectivity index (χ1n) is 9.91. The second kappa shape index (κ2) is 8.04. The summed E-state index contributed by atoms with van der Waals surface area (Å²) in [6.07, 6.45) is 7.06. The molecule has 1 fully saturated rings. The second-order valence-corrected chi connectivity index (χ2v) is 7.56. The van der Waals surface area contributed by atoms with Crippen LogP contribution in [0.1, 0.15) is 41.0 Å². The molecule has 2 aliphatic rings. The van der Waals surface area contributed by atoms with E-state index in [1.807, 2.05) is 19.2 Å². The minimum atomic E-state index is -0.193. The fraction of sp³-hybridized carbons (Fsp3) is 0.476. The number of Topliss-reactive ketones (excluding diaryl/α,β-unsaturated/α-hetero) is 1. The molecule has 0 radical (unpaired) electrons. The Morgan fingerprint density at radius 2 is 2.21 bits per heavy atom. The summed E-state index contributed by atoms with van der Waals surface area (Å²) in [6.45, 7) is 2.36. The van der Waals surface area contributed by atoms with Crippen LogP contribution < -0.4 is 10.1 Å². The highest BCUT2D eigenvalue weighted by Crippen LogP contribution is 2.25. The maximum absolute atomic E-state index is 12.7. The summed E-state index contributed by atoms with van der Waals surface area (Å²) in [6, 6.07) is 5.97. The number of aryl methyl sites for hydroxylation is 2. The van der Waals surface area contributed by atoms with Crippen LogP contribution in [0.3, 0.4) is 0 Å². The Bertz CT molecular complexity index is 876. The van der Waals surface area contributed by atoms with Gasteiger partial charge in [0.25, 0.3) is 0 Å². The van der Waals surface area contributed by atoms with Gasteiger partial charge in [0.1, 0.15) is 5.75 Å². The number of amides is 2. The van der Waals surface area contributed by atoms with E-state index in [2.05, 4.69) is 16.4 Å². The average Bonchev–Trinajstić information content (AvgIpc) is 3.17. The van der Waals surface area contributed by atoms with E-state index < -0.39 is 0 Å². The molecule has 0 spiro atoms. The number of fused-ring (bicyclic) bond motifs is 1. The van der Waals surface area contributed by atoms with E-state index in [9.17, 15) is 9.59 Å². The molecule has 2 aromatic rings. The molecule has 2 aliphatic heterocycles. The van der Waals surface area contributed by atoms with Gasteiger partial charge in [0.2, 0.25) is 5.78 Å². The van der Waals surface area contributed by atoms with Crippen LogP contribution in [0.2, 0.25) is 0 Å². The third-order valence-electron chi connectivity index (χ3n) is 5.54. The van der Waals surface area contributed by atoms with E-state index in [1.165, 1.54) is 5.56 Å². The van der Waals surface area contributed by atoms with Crippen molar-refractivity contribution < 1.29 is 14.3 Å². The second-order valence-electron chi connectivity index (χ2n) is 7.56. The van der Waals surface area contributed by atoms with Crippen molar-refractivity contribution in [2.75, 3.05) is 19.7 Å². The third-order valence-corrected chi connectivity index (χ3v) is 5.54. The average molecular weight is 382 g/mol. The van der Waals surface area contributed by atoms with E-state index in [1.54, 1.807) is 21.9 Å². The fourth-order valence-corrected chi connectivity index (χ4v) is 3.97. The number of imidazole rings is 1. The minimum absolute atomic E-state index is 0.0136. The Kier molecular flexibility index (Phi) is 5.32. The summed E-state index contributed by atoms with van der Waals surface area (Å²) in [5.41, 5.74) is 2.27. The molecule has 7 heteroatoms. The number of ketones is 1. The number of carbonyl (C=O) groups excluding carboxylic acids is 2. The minimum Gasteiger partial charge on any atom is -0.493 e. The van der Waals surface area contributed by atoms with Crippen LogP contribution in [-0.2, 0) is 20.0 Å². The van der Waals surface area contributed by atoms with Crippen LogP contribution >= 0.6 is 0 Å². The summed E-state index contributed by atoms with van der Waals surface area (Å²) in [5, 5.41) is 3.00. The number of rotatable bonds is 4. The number of hydrogen-bond donors (Lipinski definition) is 1. The van der Waals surface area contributed by atoms with Crippen molar-refractivity contribution in [3.63, 3.8) is 0 Å². The van der Waals surface area contributed by atoms with E-state index in [4.69, 9.17) is 4.74 Å². The molecular weight excluding hydrogens is 356 g/mol. The van der Waals surface area contributed by atoms with Gasteiger partial charge in [-0.05, 0) is 42.9 Å². The van der Waals surface area contributed by atoms with Gasteiger partial charge in [-0.2, -0.15) is 0 Å². The van der Waals surface area contributed by atoms with Crippen molar-refractivity contribution in [3.05, 3.63) is 47.5 Å². The molecule has 2 amide bonds. The van der Waals surface area contributed by atoms with Crippen molar-refractivity contribution in [2.24, 2.45) is 13.0 Å². The molecule has 0 aliphatic carbocycles. The van der Waals surface area contributed by atoms with E-state index in [-0.39, 0.29) is 17.7 Å². The largest absolute Gasteiger partial charge is 0.493 e. The highest BCUT2D eigenvalue weighted by molar-refractivity contribution is 5.95. The smallest absolute Gasteiger partial charge is 0.317 e. The van der Waals surface area contributed by atoms with Gasteiger partial charge in [-0.15, -0.1) is 0 Å². The molecule has 0 bridgehead atoms. The number of aromatic nitrogens is 2. The van der Waals surface area contributed by atoms with Gasteiger partial charge in [-0.25, -0.2) is 9.78 Å². The predicted octanol–water partition coefficient (Wildman–Crippen LogP) is 2.55. The molecule has 3 heterocycles. The molecule has 7 nitrogen and oxygen atoms in total. The zero-order chi connectivity index (χ0) is 19.5. The van der Waals surface area contributed by atoms with Crippen LogP contribution in [0, 0.1) is 5.92 Å². The number of piperidine rings is 1. The number of carbonyl (C=O) groups is 2. The Balaban J connectivity index is 1.34. The number of hydrogen-bond acceptors (Lipinski definition) is 4. The topological polar surface area (TPSA) is 76.5 Å². The van der Waals surface area contributed by atoms with Crippen molar-refractivity contribution in [3.8, 4) is 5.75 Å². The molecule has 148 valence electrons. The lowest BCUT2D eigenvalue weighted by Crippen LogP contribution is -2.47. The molecule has 4 rings (SSSR count). The van der Waals surface area contributed by atoms with E-state index in [0.29, 0.717) is 25.5 Å². The van der Waals surface area contributed by atoms with Gasteiger partial charge in [0.05, 0.1) is 6.61 Å². The van der Waals surface area contributed by atoms with Crippen LogP contribution in [-0.4, -0.2) is 46.0 Å². The zero-order valence-electron chi connectivity index (χ0n) is 16.2. The lowest BCUT2D eigenvalue weighted by molar-refractivity contribution is 0.0831. The molecule has 1 aromatic heterocycles. The van der Waals surface area contributed by atoms with Gasteiger partial charge in [-0.3, -0.25) is 4.79 Å². The highest BCUT2D eigenvalue weighted by atomic mass is 16.5. The number of nitrogens with one attached hydrogen (secondary N) is 1. The number of urea groups is 1. The Morgan fingerprint density at radius 3 is 3.04 bits per heavy atom. The standard InChI is InChI=1S/C21H26N4O3/c1-24-10-8-22-20(24)19(26)17-4-2-9-25(14-17)21(27)23-13-15-6-7-18-16(12-15)5-3-11-28-18/h6-8,10,12,17H,2-5,9,11,13-14H2,1H3,(H,23,27). The quantitative estimate of drug-likeness (QED) is 0.825. The molecule has 1 N–H and O–H groups in total. The van der Waals surface area contributed by atoms with Gasteiger partial charge in [-0.1, -0.05) is 12.1 Å². The number of benzene rings is 1. The SMILES string of the molecule is Cn1ccnc1C(=O)C1CCCN(C(=O)NCc2ccc3c(c2)CCCO3)C1. The molecule has 28 heavy (non-hydrogen) atoms. The number of nitrogens with zero attached hydrogens (tertiary/aromatic N) is 3. The molecule has 1 saturated heterocycles. The Labute approximate surface area is 164 Å². The summed E-state index contributed by atoms with van der Waals surface area (Å²) in [4.78, 5) is 31.3. The molecule has 1 atom stereocenters. The third kappa shape index (κ3) is 3.88. The van der Waals surface area contributed by atoms with Crippen LogP contribution in [0.4, 0.5) is 4.79 Å². The molecular formula is C21H26N4O3. The molecule has 1 unspecified atom stereocenters. The van der Waals surface area contributed by atoms with Crippen LogP contribution in [0.5, 0.6) is 5.75 Å². The first-order valence-corrected chi connectivity index (χ1v) is 9.91. The summed E-state index contributed by atoms with van der Waals surface area (Å²) >= 11 is 0. The van der Waals surface area contributed by atoms with Crippen molar-refractivity contribution in [1.29, 1.82) is 0 Å². The number of ether oxygens (including phenoxy) is 1. The van der Waals surface area contributed by atoms with Gasteiger partial charge in [0, 0.05) is 45.0 Å². The van der Waals surface area contributed by atoms with Gasteiger partial charge >= 0.3 is 6.03 Å². The highest BCUT2D eigenvalue weighted by Gasteiger charge is 2.30. The summed E-state index contributed by atoms with van der Waals surface area (Å²) in [7, 11) is 1.82. The Morgan fingerprint density at radius 1 is 1.32 bits per heavy atom. The van der Waals surface area contributed by atoms with E-state index >= 15 is 0 Å². The van der Waals surface area contributed by atoms with Crippen molar-refractivity contribution >= 4 is 11.8 Å². The maximum atomic E-state index is 12.7. The first kappa shape index (κ1) is 18.5. The van der Waals surface area contributed by atoms with E-state index in [0.717, 1.165) is 43.6 Å². The van der Waals surface area contributed by atoms with Gasteiger partial charge in [0.15, 0.2) is 5.82 Å². The predicted molar refractivity (Wildman–Crippen MR) is 104 cm³/mol.